The van der Waals surface area contributed by atoms with Crippen LogP contribution in [-0.2, 0) is 9.59 Å². The molecule has 0 unspecified atom stereocenters. The molecule has 1 aliphatic heterocycles. The van der Waals surface area contributed by atoms with E-state index in [2.05, 4.69) is 0 Å². The molecule has 1 atom stereocenters. The molecule has 7 heteroatoms. The SMILES string of the molecule is O=C(O)CCC(=O)N1CCC[C@H]1COc1ccc(Oc2ccc(Cl)cc2)cc1. The van der Waals surface area contributed by atoms with Crippen molar-refractivity contribution < 1.29 is 24.2 Å². The van der Waals surface area contributed by atoms with Crippen molar-refractivity contribution in [3.63, 3.8) is 0 Å². The maximum Gasteiger partial charge on any atom is 0.303 e. The summed E-state index contributed by atoms with van der Waals surface area (Å²) in [4.78, 5) is 24.6. The van der Waals surface area contributed by atoms with Gasteiger partial charge in [-0.3, -0.25) is 9.59 Å². The zero-order chi connectivity index (χ0) is 19.9. The van der Waals surface area contributed by atoms with Crippen molar-refractivity contribution in [2.24, 2.45) is 0 Å². The fourth-order valence-electron chi connectivity index (χ4n) is 3.13. The first-order valence-corrected chi connectivity index (χ1v) is 9.56. The van der Waals surface area contributed by atoms with Crippen molar-refractivity contribution in [1.29, 1.82) is 0 Å². The van der Waals surface area contributed by atoms with Crippen LogP contribution in [-0.4, -0.2) is 41.1 Å². The number of amides is 1. The lowest BCUT2D eigenvalue weighted by Crippen LogP contribution is -2.39. The Morgan fingerprint density at radius 3 is 2.25 bits per heavy atom. The lowest BCUT2D eigenvalue weighted by atomic mass is 10.2. The van der Waals surface area contributed by atoms with Gasteiger partial charge in [-0.05, 0) is 61.4 Å². The van der Waals surface area contributed by atoms with E-state index in [4.69, 9.17) is 26.2 Å². The standard InChI is InChI=1S/C21H22ClNO5/c22-15-3-5-18(6-4-15)28-19-9-7-17(8-10-19)27-14-16-2-1-13-23(16)20(24)11-12-21(25)26/h3-10,16H,1-2,11-14H2,(H,25,26)/t16-/m0/s1. The molecule has 6 nitrogen and oxygen atoms in total. The average Bonchev–Trinajstić information content (AvgIpc) is 3.16. The highest BCUT2D eigenvalue weighted by molar-refractivity contribution is 6.30. The Bertz CT molecular complexity index is 807. The molecule has 2 aromatic carbocycles. The Hall–Kier alpha value is -2.73. The van der Waals surface area contributed by atoms with Crippen molar-refractivity contribution in [3.8, 4) is 17.2 Å². The summed E-state index contributed by atoms with van der Waals surface area (Å²) in [6.07, 6.45) is 1.65. The first-order chi connectivity index (χ1) is 13.5. The van der Waals surface area contributed by atoms with Gasteiger partial charge in [0.1, 0.15) is 23.9 Å². The van der Waals surface area contributed by atoms with E-state index in [0.29, 0.717) is 35.4 Å². The maximum absolute atomic E-state index is 12.2. The lowest BCUT2D eigenvalue weighted by Gasteiger charge is -2.24. The summed E-state index contributed by atoms with van der Waals surface area (Å²) in [5.74, 6) is 0.982. The van der Waals surface area contributed by atoms with Crippen LogP contribution in [0.3, 0.4) is 0 Å². The van der Waals surface area contributed by atoms with Crippen LogP contribution in [0.15, 0.2) is 48.5 Å². The van der Waals surface area contributed by atoms with Crippen molar-refractivity contribution in [2.45, 2.75) is 31.7 Å². The topological polar surface area (TPSA) is 76.1 Å². The van der Waals surface area contributed by atoms with Crippen molar-refractivity contribution >= 4 is 23.5 Å². The first kappa shape index (κ1) is 20.0. The lowest BCUT2D eigenvalue weighted by molar-refractivity contribution is -0.141. The molecule has 0 spiro atoms. The summed E-state index contributed by atoms with van der Waals surface area (Å²) < 4.78 is 11.6. The largest absolute Gasteiger partial charge is 0.491 e. The highest BCUT2D eigenvalue weighted by Crippen LogP contribution is 2.26. The molecule has 1 saturated heterocycles. The normalized spacial score (nSPS) is 16.0. The Morgan fingerprint density at radius 1 is 1.00 bits per heavy atom. The molecule has 0 aromatic heterocycles. The van der Waals surface area contributed by atoms with Gasteiger partial charge in [0.05, 0.1) is 12.5 Å². The molecule has 28 heavy (non-hydrogen) atoms. The third-order valence-electron chi connectivity index (χ3n) is 4.57. The Labute approximate surface area is 168 Å². The average molecular weight is 404 g/mol. The summed E-state index contributed by atoms with van der Waals surface area (Å²) in [7, 11) is 0. The van der Waals surface area contributed by atoms with Gasteiger partial charge in [-0.2, -0.15) is 0 Å². The van der Waals surface area contributed by atoms with Crippen LogP contribution in [0, 0.1) is 0 Å². The van der Waals surface area contributed by atoms with Gasteiger partial charge in [-0.1, -0.05) is 11.6 Å². The second-order valence-electron chi connectivity index (χ2n) is 6.62. The van der Waals surface area contributed by atoms with E-state index >= 15 is 0 Å². The number of nitrogens with zero attached hydrogens (tertiary/aromatic N) is 1. The van der Waals surface area contributed by atoms with E-state index in [1.54, 1.807) is 29.2 Å². The second kappa shape index (κ2) is 9.46. The number of carboxylic acid groups (broad SMARTS) is 1. The van der Waals surface area contributed by atoms with E-state index < -0.39 is 5.97 Å². The number of halogens is 1. The molecule has 1 heterocycles. The summed E-state index contributed by atoms with van der Waals surface area (Å²) in [5, 5.41) is 9.39. The zero-order valence-corrected chi connectivity index (χ0v) is 16.1. The quantitative estimate of drug-likeness (QED) is 0.708. The number of carbonyl (C=O) groups excluding carboxylic acids is 1. The van der Waals surface area contributed by atoms with Gasteiger partial charge in [-0.25, -0.2) is 0 Å². The third kappa shape index (κ3) is 5.63. The number of aliphatic carboxylic acids is 1. The van der Waals surface area contributed by atoms with Crippen LogP contribution in [0.2, 0.25) is 5.02 Å². The summed E-state index contributed by atoms with van der Waals surface area (Å²) >= 11 is 5.86. The number of ether oxygens (including phenoxy) is 2. The number of benzene rings is 2. The molecule has 0 aliphatic carbocycles. The fraction of sp³-hybridized carbons (Fsp3) is 0.333. The van der Waals surface area contributed by atoms with Gasteiger partial charge in [-0.15, -0.1) is 0 Å². The minimum atomic E-state index is -0.957. The van der Waals surface area contributed by atoms with Crippen LogP contribution < -0.4 is 9.47 Å². The Kier molecular flexibility index (Phi) is 6.76. The minimum absolute atomic E-state index is 0.0220. The zero-order valence-electron chi connectivity index (χ0n) is 15.3. The molecule has 1 amide bonds. The summed E-state index contributed by atoms with van der Waals surface area (Å²) in [6.45, 7) is 1.04. The number of hydrogen-bond donors (Lipinski definition) is 1. The van der Waals surface area contributed by atoms with Gasteiger partial charge in [0, 0.05) is 18.0 Å². The molecule has 1 aliphatic rings. The van der Waals surface area contributed by atoms with Crippen LogP contribution >= 0.6 is 11.6 Å². The van der Waals surface area contributed by atoms with Gasteiger partial charge in [0.15, 0.2) is 0 Å². The number of likely N-dealkylation sites (tertiary alicyclic amines) is 1. The molecule has 1 fully saturated rings. The smallest absolute Gasteiger partial charge is 0.303 e. The molecule has 3 rings (SSSR count). The minimum Gasteiger partial charge on any atom is -0.491 e. The predicted octanol–water partition coefficient (Wildman–Crippen LogP) is 4.37. The van der Waals surface area contributed by atoms with E-state index in [1.807, 2.05) is 24.3 Å². The van der Waals surface area contributed by atoms with Gasteiger partial charge < -0.3 is 19.5 Å². The fourth-order valence-corrected chi connectivity index (χ4v) is 3.26. The van der Waals surface area contributed by atoms with Crippen LogP contribution in [0.4, 0.5) is 0 Å². The molecule has 0 radical (unpaired) electrons. The number of carboxylic acids is 1. The van der Waals surface area contributed by atoms with E-state index in [0.717, 1.165) is 12.8 Å². The summed E-state index contributed by atoms with van der Waals surface area (Å²) in [6, 6.07) is 14.4. The maximum atomic E-state index is 12.2. The van der Waals surface area contributed by atoms with E-state index in [9.17, 15) is 9.59 Å². The van der Waals surface area contributed by atoms with Crippen molar-refractivity contribution in [1.82, 2.24) is 4.90 Å². The monoisotopic (exact) mass is 403 g/mol. The van der Waals surface area contributed by atoms with Crippen molar-refractivity contribution in [2.75, 3.05) is 13.2 Å². The predicted molar refractivity (Wildman–Crippen MR) is 105 cm³/mol. The van der Waals surface area contributed by atoms with Gasteiger partial charge in [0.25, 0.3) is 0 Å². The van der Waals surface area contributed by atoms with Crippen LogP contribution in [0.25, 0.3) is 0 Å². The Balaban J connectivity index is 1.50. The van der Waals surface area contributed by atoms with Crippen molar-refractivity contribution in [3.05, 3.63) is 53.6 Å². The number of rotatable bonds is 8. The highest BCUT2D eigenvalue weighted by atomic mass is 35.5. The second-order valence-corrected chi connectivity index (χ2v) is 7.05. The van der Waals surface area contributed by atoms with Gasteiger partial charge in [0.2, 0.25) is 5.91 Å². The van der Waals surface area contributed by atoms with E-state index in [-0.39, 0.29) is 24.8 Å². The number of hydrogen-bond acceptors (Lipinski definition) is 4. The van der Waals surface area contributed by atoms with Crippen LogP contribution in [0.1, 0.15) is 25.7 Å². The molecule has 2 aromatic rings. The molecule has 1 N–H and O–H groups in total. The third-order valence-corrected chi connectivity index (χ3v) is 4.82. The number of carbonyl (C=O) groups is 2. The van der Waals surface area contributed by atoms with Gasteiger partial charge >= 0.3 is 5.97 Å². The molecule has 0 saturated carbocycles. The van der Waals surface area contributed by atoms with E-state index in [1.165, 1.54) is 0 Å². The molecular weight excluding hydrogens is 382 g/mol. The van der Waals surface area contributed by atoms with Crippen LogP contribution in [0.5, 0.6) is 17.2 Å². The molecular formula is C21H22ClNO5. The highest BCUT2D eigenvalue weighted by Gasteiger charge is 2.29. The first-order valence-electron chi connectivity index (χ1n) is 9.19. The summed E-state index contributed by atoms with van der Waals surface area (Å²) in [5.41, 5.74) is 0. The Morgan fingerprint density at radius 2 is 1.61 bits per heavy atom. The molecule has 0 bridgehead atoms. The molecule has 148 valence electrons.